The highest BCUT2D eigenvalue weighted by Gasteiger charge is 2.60. The zero-order chi connectivity index (χ0) is 25.4. The van der Waals surface area contributed by atoms with Crippen molar-refractivity contribution in [1.29, 1.82) is 0 Å². The number of benzene rings is 4. The van der Waals surface area contributed by atoms with Gasteiger partial charge in [0, 0.05) is 4.47 Å². The highest BCUT2D eigenvalue weighted by Crippen LogP contribution is 2.47. The Hall–Kier alpha value is -3.94. The second-order valence-electron chi connectivity index (χ2n) is 8.99. The van der Waals surface area contributed by atoms with Crippen molar-refractivity contribution in [1.82, 2.24) is 0 Å². The van der Waals surface area contributed by atoms with Gasteiger partial charge < -0.3 is 4.74 Å². The van der Waals surface area contributed by atoms with Crippen LogP contribution in [0.25, 0.3) is 0 Å². The van der Waals surface area contributed by atoms with E-state index in [0.29, 0.717) is 12.3 Å². The van der Waals surface area contributed by atoms with E-state index in [0.717, 1.165) is 27.0 Å². The Morgan fingerprint density at radius 1 is 0.730 bits per heavy atom. The maximum absolute atomic E-state index is 13.7. The number of hydrogen-bond donors (Lipinski definition) is 0. The van der Waals surface area contributed by atoms with Gasteiger partial charge in [-0.05, 0) is 59.7 Å². The third kappa shape index (κ3) is 4.41. The molecule has 3 atom stereocenters. The fourth-order valence-electron chi connectivity index (χ4n) is 4.90. The van der Waals surface area contributed by atoms with Crippen molar-refractivity contribution >= 4 is 39.1 Å². The number of imide groups is 1. The minimum Gasteiger partial charge on any atom is -0.489 e. The van der Waals surface area contributed by atoms with Crippen LogP contribution < -0.4 is 14.7 Å². The SMILES string of the molecule is O=C1[C@H]2[C@H](ON(c3ccccc3)[C@@H]2c2ccc(OCc3ccccc3)cc2)C(=O)N1c1ccc(Br)cc1. The van der Waals surface area contributed by atoms with Gasteiger partial charge in [-0.3, -0.25) is 14.4 Å². The molecule has 2 fully saturated rings. The van der Waals surface area contributed by atoms with Crippen LogP contribution in [-0.4, -0.2) is 17.9 Å². The number of halogens is 1. The van der Waals surface area contributed by atoms with Crippen LogP contribution in [0.5, 0.6) is 5.75 Å². The number of hydroxylamine groups is 1. The zero-order valence-electron chi connectivity index (χ0n) is 19.7. The smallest absolute Gasteiger partial charge is 0.266 e. The monoisotopic (exact) mass is 554 g/mol. The summed E-state index contributed by atoms with van der Waals surface area (Å²) in [5.41, 5.74) is 3.26. The number of amides is 2. The lowest BCUT2D eigenvalue weighted by molar-refractivity contribution is -0.126. The summed E-state index contributed by atoms with van der Waals surface area (Å²) < 4.78 is 6.82. The third-order valence-electron chi connectivity index (χ3n) is 6.68. The van der Waals surface area contributed by atoms with Crippen molar-refractivity contribution in [3.63, 3.8) is 0 Å². The Morgan fingerprint density at radius 3 is 2.05 bits per heavy atom. The van der Waals surface area contributed by atoms with Crippen LogP contribution >= 0.6 is 15.9 Å². The number of carbonyl (C=O) groups excluding carboxylic acids is 2. The van der Waals surface area contributed by atoms with Gasteiger partial charge in [-0.15, -0.1) is 0 Å². The number of rotatable bonds is 6. The van der Waals surface area contributed by atoms with Gasteiger partial charge in [0.2, 0.25) is 5.91 Å². The quantitative estimate of drug-likeness (QED) is 0.270. The number of fused-ring (bicyclic) bond motifs is 1. The Labute approximate surface area is 223 Å². The number of hydrogen-bond acceptors (Lipinski definition) is 5. The fourth-order valence-corrected chi connectivity index (χ4v) is 5.16. The zero-order valence-corrected chi connectivity index (χ0v) is 21.3. The van der Waals surface area contributed by atoms with Gasteiger partial charge >= 0.3 is 0 Å². The standard InChI is InChI=1S/C30H23BrN2O4/c31-22-13-15-23(16-14-22)32-29(34)26-27(33(37-28(26)30(32)35)24-9-5-2-6-10-24)21-11-17-25(18-12-21)36-19-20-7-3-1-4-8-20/h1-18,26-28H,19H2/t26-,27-,28+/m1/s1. The molecule has 4 aromatic rings. The molecular weight excluding hydrogens is 532 g/mol. The second kappa shape index (κ2) is 9.84. The van der Waals surface area contributed by atoms with E-state index in [4.69, 9.17) is 9.57 Å². The van der Waals surface area contributed by atoms with E-state index in [9.17, 15) is 9.59 Å². The highest BCUT2D eigenvalue weighted by molar-refractivity contribution is 9.10. The van der Waals surface area contributed by atoms with E-state index >= 15 is 0 Å². The number of nitrogens with zero attached hydrogens (tertiary/aromatic N) is 2. The number of carbonyl (C=O) groups is 2. The lowest BCUT2D eigenvalue weighted by Gasteiger charge is -2.28. The van der Waals surface area contributed by atoms with E-state index in [1.807, 2.05) is 97.1 Å². The summed E-state index contributed by atoms with van der Waals surface area (Å²) in [4.78, 5) is 34.6. The molecule has 184 valence electrons. The summed E-state index contributed by atoms with van der Waals surface area (Å²) in [6.45, 7) is 0.461. The Morgan fingerprint density at radius 2 is 1.38 bits per heavy atom. The number of ether oxygens (including phenoxy) is 1. The van der Waals surface area contributed by atoms with Gasteiger partial charge in [0.1, 0.15) is 18.3 Å². The van der Waals surface area contributed by atoms with Gasteiger partial charge in [-0.25, -0.2) is 9.96 Å². The molecule has 0 unspecified atom stereocenters. The Kier molecular flexibility index (Phi) is 6.24. The first-order chi connectivity index (χ1) is 18.1. The maximum atomic E-state index is 13.7. The molecule has 0 N–H and O–H groups in total. The van der Waals surface area contributed by atoms with Crippen LogP contribution in [0, 0.1) is 5.92 Å². The predicted octanol–water partition coefficient (Wildman–Crippen LogP) is 6.08. The molecule has 2 amide bonds. The molecule has 37 heavy (non-hydrogen) atoms. The molecule has 0 aliphatic carbocycles. The molecular formula is C30H23BrN2O4. The summed E-state index contributed by atoms with van der Waals surface area (Å²) in [5.74, 6) is -0.596. The van der Waals surface area contributed by atoms with Gasteiger partial charge in [-0.2, -0.15) is 0 Å². The largest absolute Gasteiger partial charge is 0.489 e. The molecule has 0 bridgehead atoms. The summed E-state index contributed by atoms with van der Waals surface area (Å²) in [6.07, 6.45) is -0.907. The molecule has 2 heterocycles. The Balaban J connectivity index is 1.31. The summed E-state index contributed by atoms with van der Waals surface area (Å²) in [7, 11) is 0. The van der Waals surface area contributed by atoms with Gasteiger partial charge in [-0.1, -0.05) is 76.6 Å². The van der Waals surface area contributed by atoms with Crippen LogP contribution in [0.1, 0.15) is 17.2 Å². The maximum Gasteiger partial charge on any atom is 0.266 e. The molecule has 0 aromatic heterocycles. The van der Waals surface area contributed by atoms with Crippen molar-refractivity contribution in [2.45, 2.75) is 18.8 Å². The molecule has 2 aliphatic rings. The summed E-state index contributed by atoms with van der Waals surface area (Å²) >= 11 is 3.41. The predicted molar refractivity (Wildman–Crippen MR) is 144 cm³/mol. The second-order valence-corrected chi connectivity index (χ2v) is 9.91. The van der Waals surface area contributed by atoms with Crippen LogP contribution in [-0.2, 0) is 21.0 Å². The van der Waals surface area contributed by atoms with Crippen LogP contribution in [0.3, 0.4) is 0 Å². The van der Waals surface area contributed by atoms with Crippen LogP contribution in [0.15, 0.2) is 114 Å². The first-order valence-electron chi connectivity index (χ1n) is 12.0. The minimum atomic E-state index is -0.907. The minimum absolute atomic E-state index is 0.273. The van der Waals surface area contributed by atoms with E-state index in [1.54, 1.807) is 17.2 Å². The molecule has 2 saturated heterocycles. The molecule has 6 rings (SSSR count). The molecule has 0 saturated carbocycles. The van der Waals surface area contributed by atoms with Crippen LogP contribution in [0.4, 0.5) is 11.4 Å². The van der Waals surface area contributed by atoms with E-state index in [-0.39, 0.29) is 11.8 Å². The van der Waals surface area contributed by atoms with E-state index < -0.39 is 18.1 Å². The molecule has 2 aliphatic heterocycles. The normalized spacial score (nSPS) is 20.8. The number of anilines is 2. The molecule has 0 radical (unpaired) electrons. The van der Waals surface area contributed by atoms with E-state index in [2.05, 4.69) is 15.9 Å². The van der Waals surface area contributed by atoms with Crippen molar-refractivity contribution in [3.05, 3.63) is 125 Å². The lowest BCUT2D eigenvalue weighted by atomic mass is 9.90. The first-order valence-corrected chi connectivity index (χ1v) is 12.8. The van der Waals surface area contributed by atoms with Crippen molar-refractivity contribution in [2.24, 2.45) is 5.92 Å². The van der Waals surface area contributed by atoms with E-state index in [1.165, 1.54) is 4.90 Å². The first kappa shape index (κ1) is 23.5. The molecule has 7 heteroatoms. The highest BCUT2D eigenvalue weighted by atomic mass is 79.9. The van der Waals surface area contributed by atoms with Crippen molar-refractivity contribution < 1.29 is 19.2 Å². The summed E-state index contributed by atoms with van der Waals surface area (Å²) in [5, 5.41) is 1.70. The van der Waals surface area contributed by atoms with Gasteiger partial charge in [0.25, 0.3) is 5.91 Å². The molecule has 6 nitrogen and oxygen atoms in total. The molecule has 4 aromatic carbocycles. The van der Waals surface area contributed by atoms with Gasteiger partial charge in [0.15, 0.2) is 6.10 Å². The van der Waals surface area contributed by atoms with Crippen LogP contribution in [0.2, 0.25) is 0 Å². The molecule has 0 spiro atoms. The van der Waals surface area contributed by atoms with Gasteiger partial charge in [0.05, 0.1) is 17.4 Å². The topological polar surface area (TPSA) is 59.1 Å². The van der Waals surface area contributed by atoms with Crippen molar-refractivity contribution in [2.75, 3.05) is 9.96 Å². The average molecular weight is 555 g/mol. The number of para-hydroxylation sites is 1. The Bertz CT molecular complexity index is 1410. The van der Waals surface area contributed by atoms with Crippen molar-refractivity contribution in [3.8, 4) is 5.75 Å². The third-order valence-corrected chi connectivity index (χ3v) is 7.21. The average Bonchev–Trinajstić information content (AvgIpc) is 3.45. The lowest BCUT2D eigenvalue weighted by Crippen LogP contribution is -2.37. The fraction of sp³-hybridized carbons (Fsp3) is 0.133. The summed E-state index contributed by atoms with van der Waals surface area (Å²) in [6, 6.07) is 33.8.